The zero-order valence-corrected chi connectivity index (χ0v) is 15.6. The lowest BCUT2D eigenvalue weighted by atomic mass is 10.1. The number of nitro groups is 1. The number of hydrogen-bond donors (Lipinski definition) is 0. The third-order valence-corrected chi connectivity index (χ3v) is 4.82. The third kappa shape index (κ3) is 4.19. The maximum atomic E-state index is 10.8. The molecule has 0 fully saturated rings. The molecule has 0 spiro atoms. The third-order valence-electron chi connectivity index (χ3n) is 3.95. The second-order valence-electron chi connectivity index (χ2n) is 6.00. The zero-order chi connectivity index (χ0) is 19.4. The van der Waals surface area contributed by atoms with E-state index in [1.165, 1.54) is 23.5 Å². The number of nitrogens with zero attached hydrogens (tertiary/aromatic N) is 4. The maximum absolute atomic E-state index is 10.8. The second-order valence-corrected chi connectivity index (χ2v) is 6.86. The molecule has 3 aromatic rings. The molecule has 134 valence electrons. The van der Waals surface area contributed by atoms with Crippen LogP contribution in [-0.4, -0.2) is 24.0 Å². The first-order chi connectivity index (χ1) is 13.0. The van der Waals surface area contributed by atoms with Crippen molar-refractivity contribution in [3.63, 3.8) is 0 Å². The first-order valence-electron chi connectivity index (χ1n) is 8.08. The fourth-order valence-electron chi connectivity index (χ4n) is 2.46. The van der Waals surface area contributed by atoms with Gasteiger partial charge in [0.05, 0.1) is 16.2 Å². The van der Waals surface area contributed by atoms with Gasteiger partial charge in [-0.3, -0.25) is 10.1 Å². The van der Waals surface area contributed by atoms with Crippen LogP contribution in [0.2, 0.25) is 0 Å². The van der Waals surface area contributed by atoms with E-state index in [0.717, 1.165) is 16.8 Å². The van der Waals surface area contributed by atoms with Gasteiger partial charge in [-0.05, 0) is 35.9 Å². The van der Waals surface area contributed by atoms with Crippen molar-refractivity contribution in [2.24, 2.45) is 0 Å². The molecule has 0 N–H and O–H groups in total. The summed E-state index contributed by atoms with van der Waals surface area (Å²) in [6.45, 7) is 0. The molecule has 0 aliphatic heterocycles. The van der Waals surface area contributed by atoms with Gasteiger partial charge in [-0.2, -0.15) is 5.26 Å². The van der Waals surface area contributed by atoms with E-state index in [1.807, 2.05) is 48.6 Å². The van der Waals surface area contributed by atoms with Crippen molar-refractivity contribution < 1.29 is 4.92 Å². The van der Waals surface area contributed by atoms with Crippen LogP contribution in [0.1, 0.15) is 10.6 Å². The highest BCUT2D eigenvalue weighted by Gasteiger charge is 2.11. The summed E-state index contributed by atoms with van der Waals surface area (Å²) >= 11 is 1.37. The standard InChI is InChI=1S/C20H16N4O2S/c1-23(2)17-7-3-14(4-8-17)11-16(12-21)20-22-19(13-27-20)15-5-9-18(10-6-15)24(25)26/h3-11,13H,1-2H3. The molecule has 0 aliphatic rings. The Morgan fingerprint density at radius 2 is 1.85 bits per heavy atom. The number of nitriles is 1. The van der Waals surface area contributed by atoms with Crippen LogP contribution in [0.15, 0.2) is 53.9 Å². The summed E-state index contributed by atoms with van der Waals surface area (Å²) in [5.41, 5.74) is 3.98. The lowest BCUT2D eigenvalue weighted by molar-refractivity contribution is -0.384. The molecule has 1 aromatic heterocycles. The first-order valence-corrected chi connectivity index (χ1v) is 8.96. The van der Waals surface area contributed by atoms with E-state index in [2.05, 4.69) is 11.1 Å². The van der Waals surface area contributed by atoms with Gasteiger partial charge in [0.1, 0.15) is 11.1 Å². The molecular weight excluding hydrogens is 360 g/mol. The van der Waals surface area contributed by atoms with Gasteiger partial charge >= 0.3 is 0 Å². The number of anilines is 1. The van der Waals surface area contributed by atoms with Crippen LogP contribution in [0, 0.1) is 21.4 Å². The molecule has 27 heavy (non-hydrogen) atoms. The number of thiazole rings is 1. The monoisotopic (exact) mass is 376 g/mol. The van der Waals surface area contributed by atoms with Crippen LogP contribution >= 0.6 is 11.3 Å². The summed E-state index contributed by atoms with van der Waals surface area (Å²) in [5, 5.41) is 22.7. The van der Waals surface area contributed by atoms with E-state index in [9.17, 15) is 15.4 Å². The highest BCUT2D eigenvalue weighted by Crippen LogP contribution is 2.28. The van der Waals surface area contributed by atoms with Gasteiger partial charge in [0.25, 0.3) is 5.69 Å². The fourth-order valence-corrected chi connectivity index (χ4v) is 3.26. The van der Waals surface area contributed by atoms with Crippen molar-refractivity contribution in [2.75, 3.05) is 19.0 Å². The molecule has 3 rings (SSSR count). The number of hydrogen-bond acceptors (Lipinski definition) is 6. The second kappa shape index (κ2) is 7.81. The fraction of sp³-hybridized carbons (Fsp3) is 0.100. The molecule has 0 saturated heterocycles. The summed E-state index contributed by atoms with van der Waals surface area (Å²) in [6.07, 6.45) is 1.80. The quantitative estimate of drug-likeness (QED) is 0.361. The van der Waals surface area contributed by atoms with Crippen molar-refractivity contribution in [3.05, 3.63) is 74.6 Å². The van der Waals surface area contributed by atoms with Crippen LogP contribution < -0.4 is 4.90 Å². The average Bonchev–Trinajstić information content (AvgIpc) is 3.16. The molecule has 0 unspecified atom stereocenters. The largest absolute Gasteiger partial charge is 0.378 e. The molecule has 2 aromatic carbocycles. The van der Waals surface area contributed by atoms with Crippen LogP contribution in [0.5, 0.6) is 0 Å². The van der Waals surface area contributed by atoms with E-state index < -0.39 is 4.92 Å². The van der Waals surface area contributed by atoms with Gasteiger partial charge in [0, 0.05) is 42.9 Å². The molecule has 6 nitrogen and oxygen atoms in total. The number of nitro benzene ring substituents is 1. The zero-order valence-electron chi connectivity index (χ0n) is 14.8. The number of rotatable bonds is 5. The van der Waals surface area contributed by atoms with Gasteiger partial charge < -0.3 is 4.90 Å². The van der Waals surface area contributed by atoms with Gasteiger partial charge in [-0.25, -0.2) is 4.98 Å². The van der Waals surface area contributed by atoms with E-state index >= 15 is 0 Å². The molecular formula is C20H16N4O2S. The van der Waals surface area contributed by atoms with Crippen LogP contribution in [-0.2, 0) is 0 Å². The lowest BCUT2D eigenvalue weighted by Crippen LogP contribution is -2.07. The summed E-state index contributed by atoms with van der Waals surface area (Å²) in [7, 11) is 3.95. The van der Waals surface area contributed by atoms with Gasteiger partial charge in [0.15, 0.2) is 0 Å². The molecule has 0 amide bonds. The Morgan fingerprint density at radius 3 is 2.41 bits per heavy atom. The minimum absolute atomic E-state index is 0.0352. The van der Waals surface area contributed by atoms with Gasteiger partial charge in [-0.15, -0.1) is 11.3 Å². The minimum Gasteiger partial charge on any atom is -0.378 e. The van der Waals surface area contributed by atoms with Gasteiger partial charge in [0.2, 0.25) is 0 Å². The first kappa shape index (κ1) is 18.3. The molecule has 7 heteroatoms. The topological polar surface area (TPSA) is 83.1 Å². The SMILES string of the molecule is CN(C)c1ccc(C=C(C#N)c2nc(-c3ccc([N+](=O)[O-])cc3)cs2)cc1. The van der Waals surface area contributed by atoms with Crippen LogP contribution in [0.3, 0.4) is 0 Å². The number of aromatic nitrogens is 1. The highest BCUT2D eigenvalue weighted by atomic mass is 32.1. The minimum atomic E-state index is -0.436. The van der Waals surface area contributed by atoms with E-state index in [-0.39, 0.29) is 5.69 Å². The molecule has 0 saturated carbocycles. The Bertz CT molecular complexity index is 1030. The Morgan fingerprint density at radius 1 is 1.19 bits per heavy atom. The summed E-state index contributed by atoms with van der Waals surface area (Å²) in [6, 6.07) is 16.3. The highest BCUT2D eigenvalue weighted by molar-refractivity contribution is 7.11. The predicted molar refractivity (Wildman–Crippen MR) is 108 cm³/mol. The Labute approximate surface area is 160 Å². The van der Waals surface area contributed by atoms with Crippen molar-refractivity contribution in [2.45, 2.75) is 0 Å². The summed E-state index contributed by atoms with van der Waals surface area (Å²) in [4.78, 5) is 16.9. The summed E-state index contributed by atoms with van der Waals surface area (Å²) in [5.74, 6) is 0. The maximum Gasteiger partial charge on any atom is 0.269 e. The Kier molecular flexibility index (Phi) is 5.29. The van der Waals surface area contributed by atoms with Crippen LogP contribution in [0.25, 0.3) is 22.9 Å². The van der Waals surface area contributed by atoms with Gasteiger partial charge in [-0.1, -0.05) is 12.1 Å². The molecule has 0 radical (unpaired) electrons. The van der Waals surface area contributed by atoms with Crippen molar-refractivity contribution in [1.29, 1.82) is 5.26 Å². The average molecular weight is 376 g/mol. The van der Waals surface area contributed by atoms with E-state index in [1.54, 1.807) is 18.2 Å². The number of benzene rings is 2. The molecule has 0 aliphatic carbocycles. The van der Waals surface area contributed by atoms with E-state index in [0.29, 0.717) is 16.3 Å². The Balaban J connectivity index is 1.86. The molecule has 0 atom stereocenters. The number of allylic oxidation sites excluding steroid dienone is 1. The smallest absolute Gasteiger partial charge is 0.269 e. The molecule has 1 heterocycles. The normalized spacial score (nSPS) is 11.1. The Hall–Kier alpha value is -3.50. The lowest BCUT2D eigenvalue weighted by Gasteiger charge is -2.11. The molecule has 0 bridgehead atoms. The summed E-state index contributed by atoms with van der Waals surface area (Å²) < 4.78 is 0. The van der Waals surface area contributed by atoms with E-state index in [4.69, 9.17) is 0 Å². The van der Waals surface area contributed by atoms with Crippen LogP contribution in [0.4, 0.5) is 11.4 Å². The van der Waals surface area contributed by atoms with Crippen molar-refractivity contribution in [3.8, 4) is 17.3 Å². The van der Waals surface area contributed by atoms with Crippen molar-refractivity contribution >= 4 is 34.4 Å². The van der Waals surface area contributed by atoms with Crippen molar-refractivity contribution in [1.82, 2.24) is 4.98 Å². The predicted octanol–water partition coefficient (Wildman–Crippen LogP) is 4.85. The number of non-ortho nitro benzene ring substituents is 1.